The minimum absolute atomic E-state index is 0. The van der Waals surface area contributed by atoms with Crippen LogP contribution in [0.5, 0.6) is 5.75 Å². The van der Waals surface area contributed by atoms with Gasteiger partial charge in [0.1, 0.15) is 5.75 Å². The molecule has 5 heteroatoms. The third kappa shape index (κ3) is 8.13. The molecule has 1 aliphatic heterocycles. The molecule has 1 radical (unpaired) electrons. The zero-order valence-corrected chi connectivity index (χ0v) is 22.2. The second-order valence-electron chi connectivity index (χ2n) is 8.16. The minimum Gasteiger partial charge on any atom is -0.497 e. The van der Waals surface area contributed by atoms with Crippen LogP contribution in [0.1, 0.15) is 42.9 Å². The summed E-state index contributed by atoms with van der Waals surface area (Å²) in [5.41, 5.74) is 4.35. The number of nitrogens with one attached hydrogen (secondary N) is 1. The zero-order valence-electron chi connectivity index (χ0n) is 19.3. The van der Waals surface area contributed by atoms with Crippen molar-refractivity contribution in [3.05, 3.63) is 59.2 Å². The predicted octanol–water partition coefficient (Wildman–Crippen LogP) is 5.26. The van der Waals surface area contributed by atoms with E-state index >= 15 is 0 Å². The Morgan fingerprint density at radius 3 is 2.00 bits per heavy atom. The summed E-state index contributed by atoms with van der Waals surface area (Å²) in [6, 6.07) is 14.2. The van der Waals surface area contributed by atoms with Gasteiger partial charge in [-0.15, -0.1) is 0 Å². The largest absolute Gasteiger partial charge is 0.497 e. The molecule has 30 heavy (non-hydrogen) atoms. The summed E-state index contributed by atoms with van der Waals surface area (Å²) in [5, 5.41) is 3.13. The molecule has 2 aromatic carbocycles. The van der Waals surface area contributed by atoms with Gasteiger partial charge >= 0.3 is 0 Å². The maximum atomic E-state index is 12.5. The molecule has 0 bridgehead atoms. The number of amides is 1. The van der Waals surface area contributed by atoms with E-state index in [4.69, 9.17) is 4.74 Å². The topological polar surface area (TPSA) is 38.3 Å². The number of carbonyl (C=O) groups excluding carboxylic acids is 1. The van der Waals surface area contributed by atoms with Crippen LogP contribution in [-0.2, 0) is 37.5 Å². The van der Waals surface area contributed by atoms with Gasteiger partial charge in [0.05, 0.1) is 26.7 Å². The fourth-order valence-corrected chi connectivity index (χ4v) is 4.03. The SMILES string of the molecule is CC[N+]1(CC(=O)Nc2c(C)cc(OC)cc2C)CCCCC1.Cc1ccccc1.[Y]. The van der Waals surface area contributed by atoms with E-state index in [9.17, 15) is 4.79 Å². The van der Waals surface area contributed by atoms with Gasteiger partial charge in [0.2, 0.25) is 0 Å². The van der Waals surface area contributed by atoms with Gasteiger partial charge in [0, 0.05) is 38.4 Å². The normalized spacial score (nSPS) is 14.6. The van der Waals surface area contributed by atoms with Gasteiger partial charge in [0.15, 0.2) is 6.54 Å². The zero-order chi connectivity index (χ0) is 21.3. The summed E-state index contributed by atoms with van der Waals surface area (Å²) >= 11 is 0. The Morgan fingerprint density at radius 1 is 1.00 bits per heavy atom. The van der Waals surface area contributed by atoms with Gasteiger partial charge in [-0.2, -0.15) is 0 Å². The van der Waals surface area contributed by atoms with E-state index in [1.54, 1.807) is 7.11 Å². The van der Waals surface area contributed by atoms with Crippen LogP contribution in [0.25, 0.3) is 0 Å². The van der Waals surface area contributed by atoms with Crippen molar-refractivity contribution in [3.8, 4) is 5.75 Å². The summed E-state index contributed by atoms with van der Waals surface area (Å²) in [5.74, 6) is 0.959. The number of ether oxygens (including phenoxy) is 1. The Morgan fingerprint density at radius 2 is 1.57 bits per heavy atom. The Balaban J connectivity index is 0.000000477. The first-order valence-electron chi connectivity index (χ1n) is 10.7. The molecule has 1 saturated heterocycles. The summed E-state index contributed by atoms with van der Waals surface area (Å²) in [7, 11) is 1.66. The molecule has 0 saturated carbocycles. The number of carbonyl (C=O) groups is 1. The molecule has 2 aromatic rings. The molecule has 0 aromatic heterocycles. The van der Waals surface area contributed by atoms with E-state index in [0.717, 1.165) is 46.7 Å². The number of nitrogens with zero attached hydrogens (tertiary/aromatic N) is 1. The maximum Gasteiger partial charge on any atom is 0.279 e. The van der Waals surface area contributed by atoms with E-state index in [2.05, 4.69) is 31.3 Å². The molecule has 0 atom stereocenters. The van der Waals surface area contributed by atoms with Crippen LogP contribution in [0.4, 0.5) is 5.69 Å². The number of hydrogen-bond donors (Lipinski definition) is 1. The van der Waals surface area contributed by atoms with Crippen molar-refractivity contribution in [1.82, 2.24) is 0 Å². The Hall–Kier alpha value is -1.23. The Kier molecular flexibility index (Phi) is 11.8. The molecular weight excluding hydrogens is 449 g/mol. The van der Waals surface area contributed by atoms with E-state index < -0.39 is 0 Å². The van der Waals surface area contributed by atoms with Crippen LogP contribution in [0.15, 0.2) is 42.5 Å². The number of methoxy groups -OCH3 is 1. The number of benzene rings is 2. The summed E-state index contributed by atoms with van der Waals surface area (Å²) in [6.07, 6.45) is 3.78. The fraction of sp³-hybridized carbons (Fsp3) is 0.480. The maximum absolute atomic E-state index is 12.5. The van der Waals surface area contributed by atoms with Gasteiger partial charge in [0.25, 0.3) is 5.91 Å². The number of rotatable bonds is 5. The van der Waals surface area contributed by atoms with Crippen molar-refractivity contribution >= 4 is 11.6 Å². The van der Waals surface area contributed by atoms with Crippen molar-refractivity contribution in [3.63, 3.8) is 0 Å². The Bertz CT molecular complexity index is 764. The van der Waals surface area contributed by atoms with Crippen LogP contribution in [0.3, 0.4) is 0 Å². The third-order valence-electron chi connectivity index (χ3n) is 5.86. The smallest absolute Gasteiger partial charge is 0.279 e. The van der Waals surface area contributed by atoms with Crippen molar-refractivity contribution in [2.45, 2.75) is 47.0 Å². The number of hydrogen-bond acceptors (Lipinski definition) is 2. The molecule has 0 spiro atoms. The number of aryl methyl sites for hydroxylation is 3. The van der Waals surface area contributed by atoms with E-state index in [0.29, 0.717) is 6.54 Å². The number of likely N-dealkylation sites (tertiary alicyclic amines) is 1. The molecule has 3 rings (SSSR count). The molecule has 0 unspecified atom stereocenters. The fourth-order valence-electron chi connectivity index (χ4n) is 4.03. The van der Waals surface area contributed by atoms with Crippen molar-refractivity contribution < 1.29 is 46.7 Å². The van der Waals surface area contributed by atoms with Gasteiger partial charge < -0.3 is 14.5 Å². The molecule has 1 aliphatic rings. The summed E-state index contributed by atoms with van der Waals surface area (Å²) < 4.78 is 6.21. The van der Waals surface area contributed by atoms with Crippen LogP contribution in [0, 0.1) is 20.8 Å². The molecule has 1 fully saturated rings. The number of quaternary nitrogens is 1. The first kappa shape index (κ1) is 26.8. The van der Waals surface area contributed by atoms with Crippen molar-refractivity contribution in [2.75, 3.05) is 38.6 Å². The Labute approximate surface area is 207 Å². The van der Waals surface area contributed by atoms with Crippen molar-refractivity contribution in [1.29, 1.82) is 0 Å². The molecule has 4 nitrogen and oxygen atoms in total. The van der Waals surface area contributed by atoms with Crippen LogP contribution in [-0.4, -0.2) is 43.7 Å². The number of anilines is 1. The summed E-state index contributed by atoms with van der Waals surface area (Å²) in [6.45, 7) is 12.2. The monoisotopic (exact) mass is 486 g/mol. The summed E-state index contributed by atoms with van der Waals surface area (Å²) in [4.78, 5) is 12.5. The number of piperidine rings is 1. The second kappa shape index (κ2) is 13.2. The molecule has 1 N–H and O–H groups in total. The molecule has 1 amide bonds. The van der Waals surface area contributed by atoms with Crippen LogP contribution in [0.2, 0.25) is 0 Å². The standard InChI is InChI=1S/C18H28N2O2.C7H8.Y/c1-5-20(9-7-6-8-10-20)13-17(21)19-18-14(2)11-16(22-4)12-15(18)3;1-7-5-3-2-4-6-7;/h11-12H,5-10,13H2,1-4H3;2-6H,1H3;/p+1. The number of likely N-dealkylation sites (N-methyl/N-ethyl adjacent to an activating group) is 1. The van der Waals surface area contributed by atoms with E-state index in [1.807, 2.05) is 44.2 Å². The van der Waals surface area contributed by atoms with E-state index in [-0.39, 0.29) is 38.6 Å². The van der Waals surface area contributed by atoms with E-state index in [1.165, 1.54) is 24.8 Å². The minimum atomic E-state index is 0. The molecule has 1 heterocycles. The molecule has 161 valence electrons. The quantitative estimate of drug-likeness (QED) is 0.586. The van der Waals surface area contributed by atoms with Gasteiger partial charge in [-0.05, 0) is 70.2 Å². The van der Waals surface area contributed by atoms with Crippen LogP contribution >= 0.6 is 0 Å². The predicted molar refractivity (Wildman–Crippen MR) is 122 cm³/mol. The van der Waals surface area contributed by atoms with Gasteiger partial charge in [-0.25, -0.2) is 0 Å². The van der Waals surface area contributed by atoms with Gasteiger partial charge in [-0.3, -0.25) is 4.79 Å². The molecule has 0 aliphatic carbocycles. The average molecular weight is 486 g/mol. The second-order valence-corrected chi connectivity index (χ2v) is 8.16. The average Bonchev–Trinajstić information content (AvgIpc) is 2.72. The van der Waals surface area contributed by atoms with Crippen molar-refractivity contribution in [2.24, 2.45) is 0 Å². The van der Waals surface area contributed by atoms with Crippen LogP contribution < -0.4 is 10.1 Å². The first-order chi connectivity index (χ1) is 13.9. The molecular formula is C25H37N2O2Y+. The first-order valence-corrected chi connectivity index (χ1v) is 10.7. The van der Waals surface area contributed by atoms with Gasteiger partial charge in [-0.1, -0.05) is 35.9 Å². The third-order valence-corrected chi connectivity index (χ3v) is 5.86.